The Morgan fingerprint density at radius 1 is 0.690 bits per heavy atom. The summed E-state index contributed by atoms with van der Waals surface area (Å²) >= 11 is 12.1. The molecule has 4 rings (SSSR count). The van der Waals surface area contributed by atoms with Gasteiger partial charge in [0.15, 0.2) is 0 Å². The number of nitrogens with zero attached hydrogens (tertiary/aromatic N) is 1. The van der Waals surface area contributed by atoms with E-state index in [-0.39, 0.29) is 5.91 Å². The number of aryl methyl sites for hydroxylation is 1. The standard InChI is InChI=1S/C24H18Cl2N2O/c1-16-2-4-19(5-3-16)24(29)27-28-22(17-6-10-20(25)11-7-17)14-15-23(28)18-8-12-21(26)13-9-18/h2-15H,1H3,(H,27,29). The molecule has 0 aliphatic heterocycles. The zero-order valence-electron chi connectivity index (χ0n) is 15.7. The van der Waals surface area contributed by atoms with Crippen molar-refractivity contribution in [3.63, 3.8) is 0 Å². The van der Waals surface area contributed by atoms with Gasteiger partial charge in [0.25, 0.3) is 5.91 Å². The lowest BCUT2D eigenvalue weighted by molar-refractivity contribution is 0.101. The smallest absolute Gasteiger partial charge is 0.267 e. The SMILES string of the molecule is Cc1ccc(C(=O)Nn2c(-c3ccc(Cl)cc3)ccc2-c2ccc(Cl)cc2)cc1. The van der Waals surface area contributed by atoms with Crippen molar-refractivity contribution in [1.29, 1.82) is 0 Å². The van der Waals surface area contributed by atoms with Gasteiger partial charge in [0.05, 0.1) is 11.4 Å². The third kappa shape index (κ3) is 4.21. The highest BCUT2D eigenvalue weighted by Crippen LogP contribution is 2.29. The zero-order chi connectivity index (χ0) is 20.4. The van der Waals surface area contributed by atoms with Crippen LogP contribution in [-0.2, 0) is 0 Å². The van der Waals surface area contributed by atoms with E-state index in [1.165, 1.54) is 0 Å². The van der Waals surface area contributed by atoms with Gasteiger partial charge in [0.2, 0.25) is 0 Å². The molecule has 0 radical (unpaired) electrons. The van der Waals surface area contributed by atoms with E-state index in [0.29, 0.717) is 15.6 Å². The monoisotopic (exact) mass is 420 g/mol. The van der Waals surface area contributed by atoms with E-state index >= 15 is 0 Å². The largest absolute Gasteiger partial charge is 0.270 e. The van der Waals surface area contributed by atoms with Gasteiger partial charge in [-0.2, -0.15) is 0 Å². The van der Waals surface area contributed by atoms with Crippen LogP contribution in [0, 0.1) is 6.92 Å². The normalized spacial score (nSPS) is 10.7. The fourth-order valence-electron chi connectivity index (χ4n) is 3.12. The molecule has 29 heavy (non-hydrogen) atoms. The van der Waals surface area contributed by atoms with E-state index in [2.05, 4.69) is 5.43 Å². The van der Waals surface area contributed by atoms with Crippen LogP contribution < -0.4 is 5.43 Å². The number of aromatic nitrogens is 1. The van der Waals surface area contributed by atoms with Gasteiger partial charge in [-0.25, -0.2) is 0 Å². The quantitative estimate of drug-likeness (QED) is 0.385. The van der Waals surface area contributed by atoms with Gasteiger partial charge in [0, 0.05) is 26.7 Å². The van der Waals surface area contributed by atoms with Crippen LogP contribution >= 0.6 is 23.2 Å². The van der Waals surface area contributed by atoms with Crippen LogP contribution in [-0.4, -0.2) is 10.6 Å². The average Bonchev–Trinajstić information content (AvgIpc) is 3.13. The van der Waals surface area contributed by atoms with Crippen molar-refractivity contribution < 1.29 is 4.79 Å². The molecule has 4 aromatic rings. The maximum Gasteiger partial charge on any atom is 0.270 e. The molecule has 0 saturated heterocycles. The maximum absolute atomic E-state index is 12.9. The molecule has 0 saturated carbocycles. The molecule has 1 amide bonds. The molecule has 0 bridgehead atoms. The lowest BCUT2D eigenvalue weighted by atomic mass is 10.1. The lowest BCUT2D eigenvalue weighted by Gasteiger charge is -2.16. The van der Waals surface area contributed by atoms with Crippen LogP contribution in [0.3, 0.4) is 0 Å². The first kappa shape index (κ1) is 19.3. The molecule has 0 aliphatic rings. The van der Waals surface area contributed by atoms with Gasteiger partial charge in [-0.1, -0.05) is 65.2 Å². The summed E-state index contributed by atoms with van der Waals surface area (Å²) in [7, 11) is 0. The van der Waals surface area contributed by atoms with Crippen molar-refractivity contribution in [2.75, 3.05) is 5.43 Å². The number of hydrogen-bond acceptors (Lipinski definition) is 1. The first-order chi connectivity index (χ1) is 14.0. The molecule has 0 spiro atoms. The van der Waals surface area contributed by atoms with Crippen molar-refractivity contribution in [3.8, 4) is 22.5 Å². The van der Waals surface area contributed by atoms with Gasteiger partial charge >= 0.3 is 0 Å². The summed E-state index contributed by atoms with van der Waals surface area (Å²) in [6.45, 7) is 1.99. The molecule has 0 fully saturated rings. The molecule has 3 nitrogen and oxygen atoms in total. The van der Waals surface area contributed by atoms with E-state index in [0.717, 1.165) is 28.1 Å². The average molecular weight is 421 g/mol. The van der Waals surface area contributed by atoms with Crippen LogP contribution in [0.4, 0.5) is 0 Å². The van der Waals surface area contributed by atoms with Crippen LogP contribution in [0.15, 0.2) is 84.9 Å². The minimum atomic E-state index is -0.188. The predicted octanol–water partition coefficient (Wildman–Crippen LogP) is 6.82. The molecule has 3 aromatic carbocycles. The van der Waals surface area contributed by atoms with Crippen LogP contribution in [0.1, 0.15) is 15.9 Å². The third-order valence-corrected chi connectivity index (χ3v) is 5.19. The number of amides is 1. The highest BCUT2D eigenvalue weighted by molar-refractivity contribution is 6.30. The van der Waals surface area contributed by atoms with Crippen molar-refractivity contribution in [1.82, 2.24) is 4.68 Å². The summed E-state index contributed by atoms with van der Waals surface area (Å²) < 4.78 is 1.80. The molecule has 144 valence electrons. The molecule has 0 aliphatic carbocycles. The van der Waals surface area contributed by atoms with E-state index in [1.54, 1.807) is 4.68 Å². The second-order valence-electron chi connectivity index (χ2n) is 6.76. The molecule has 1 aromatic heterocycles. The van der Waals surface area contributed by atoms with E-state index in [1.807, 2.05) is 91.9 Å². The summed E-state index contributed by atoms with van der Waals surface area (Å²) in [5.74, 6) is -0.188. The van der Waals surface area contributed by atoms with Gasteiger partial charge in [0.1, 0.15) is 0 Å². The number of benzene rings is 3. The molecular formula is C24H18Cl2N2O. The van der Waals surface area contributed by atoms with Crippen LogP contribution in [0.5, 0.6) is 0 Å². The van der Waals surface area contributed by atoms with Gasteiger partial charge in [-0.05, 0) is 55.5 Å². The fraction of sp³-hybridized carbons (Fsp3) is 0.0417. The maximum atomic E-state index is 12.9. The summed E-state index contributed by atoms with van der Waals surface area (Å²) in [6.07, 6.45) is 0. The number of halogens is 2. The molecular weight excluding hydrogens is 403 g/mol. The Kier molecular flexibility index (Phi) is 5.43. The Bertz CT molecular complexity index is 1080. The summed E-state index contributed by atoms with van der Waals surface area (Å²) in [4.78, 5) is 12.9. The Labute approximate surface area is 179 Å². The molecule has 1 N–H and O–H groups in total. The first-order valence-electron chi connectivity index (χ1n) is 9.13. The van der Waals surface area contributed by atoms with Gasteiger partial charge in [-0.15, -0.1) is 0 Å². The lowest BCUT2D eigenvalue weighted by Crippen LogP contribution is -2.24. The minimum absolute atomic E-state index is 0.188. The summed E-state index contributed by atoms with van der Waals surface area (Å²) in [5.41, 5.74) is 8.32. The van der Waals surface area contributed by atoms with E-state index in [9.17, 15) is 4.79 Å². The summed E-state index contributed by atoms with van der Waals surface area (Å²) in [5, 5.41) is 1.32. The second-order valence-corrected chi connectivity index (χ2v) is 7.63. The summed E-state index contributed by atoms with van der Waals surface area (Å²) in [6, 6.07) is 26.5. The number of carbonyl (C=O) groups is 1. The van der Waals surface area contributed by atoms with Crippen molar-refractivity contribution in [2.24, 2.45) is 0 Å². The molecule has 0 atom stereocenters. The van der Waals surface area contributed by atoms with Gasteiger partial charge in [-0.3, -0.25) is 14.9 Å². The van der Waals surface area contributed by atoms with Crippen LogP contribution in [0.2, 0.25) is 10.0 Å². The Hall–Kier alpha value is -3.01. The molecule has 1 heterocycles. The third-order valence-electron chi connectivity index (χ3n) is 4.69. The van der Waals surface area contributed by atoms with Crippen molar-refractivity contribution >= 4 is 29.1 Å². The highest BCUT2D eigenvalue weighted by Gasteiger charge is 2.15. The number of nitrogens with one attached hydrogen (secondary N) is 1. The number of hydrogen-bond donors (Lipinski definition) is 1. The number of carbonyl (C=O) groups excluding carboxylic acids is 1. The minimum Gasteiger partial charge on any atom is -0.267 e. The van der Waals surface area contributed by atoms with E-state index in [4.69, 9.17) is 23.2 Å². The van der Waals surface area contributed by atoms with E-state index < -0.39 is 0 Å². The van der Waals surface area contributed by atoms with Crippen molar-refractivity contribution in [2.45, 2.75) is 6.92 Å². The van der Waals surface area contributed by atoms with Crippen LogP contribution in [0.25, 0.3) is 22.5 Å². The Morgan fingerprint density at radius 3 is 1.59 bits per heavy atom. The van der Waals surface area contributed by atoms with Crippen molar-refractivity contribution in [3.05, 3.63) is 106 Å². The molecule has 5 heteroatoms. The second kappa shape index (κ2) is 8.16. The van der Waals surface area contributed by atoms with Gasteiger partial charge < -0.3 is 0 Å². The first-order valence-corrected chi connectivity index (χ1v) is 9.88. The number of rotatable bonds is 4. The Morgan fingerprint density at radius 2 is 1.14 bits per heavy atom. The Balaban J connectivity index is 1.78. The zero-order valence-corrected chi connectivity index (χ0v) is 17.2. The molecule has 0 unspecified atom stereocenters. The topological polar surface area (TPSA) is 34.0 Å². The predicted molar refractivity (Wildman–Crippen MR) is 120 cm³/mol. The fourth-order valence-corrected chi connectivity index (χ4v) is 3.37. The highest BCUT2D eigenvalue weighted by atomic mass is 35.5.